The average Bonchev–Trinajstić information content (AvgIpc) is 3.58. The molecule has 3 aromatic heterocycles. The van der Waals surface area contributed by atoms with Crippen molar-refractivity contribution >= 4 is 11.7 Å². The number of amides is 1. The molecular formula is C26H31N7O. The lowest BCUT2D eigenvalue weighted by Gasteiger charge is -2.31. The summed E-state index contributed by atoms with van der Waals surface area (Å²) in [5.41, 5.74) is 5.21. The second-order valence-electron chi connectivity index (χ2n) is 9.69. The number of aryl methyl sites for hydroxylation is 2. The first-order valence-electron chi connectivity index (χ1n) is 12.7. The van der Waals surface area contributed by atoms with Gasteiger partial charge in [0, 0.05) is 54.9 Å². The zero-order chi connectivity index (χ0) is 22.9. The van der Waals surface area contributed by atoms with Crippen LogP contribution in [0.15, 0.2) is 30.7 Å². The van der Waals surface area contributed by atoms with Crippen molar-refractivity contribution in [2.45, 2.75) is 70.4 Å². The predicted molar refractivity (Wildman–Crippen MR) is 130 cm³/mol. The highest BCUT2D eigenvalue weighted by atomic mass is 16.2. The van der Waals surface area contributed by atoms with Crippen molar-refractivity contribution in [1.82, 2.24) is 29.6 Å². The summed E-state index contributed by atoms with van der Waals surface area (Å²) < 4.78 is 2.00. The fraction of sp³-hybridized carbons (Fsp3) is 0.500. The lowest BCUT2D eigenvalue weighted by atomic mass is 10.0. The maximum Gasteiger partial charge on any atom is 0.257 e. The number of hydrogen-bond acceptors (Lipinski definition) is 6. The van der Waals surface area contributed by atoms with E-state index in [9.17, 15) is 4.79 Å². The third kappa shape index (κ3) is 4.06. The van der Waals surface area contributed by atoms with Gasteiger partial charge in [0.15, 0.2) is 5.82 Å². The Morgan fingerprint density at radius 1 is 1.00 bits per heavy atom. The summed E-state index contributed by atoms with van der Waals surface area (Å²) in [6, 6.07) is 4.09. The van der Waals surface area contributed by atoms with Gasteiger partial charge in [-0.15, -0.1) is 0 Å². The highest BCUT2D eigenvalue weighted by molar-refractivity contribution is 5.95. The van der Waals surface area contributed by atoms with Gasteiger partial charge in [-0.1, -0.05) is 12.8 Å². The van der Waals surface area contributed by atoms with Gasteiger partial charge in [0.25, 0.3) is 5.91 Å². The van der Waals surface area contributed by atoms with Crippen molar-refractivity contribution in [3.63, 3.8) is 0 Å². The summed E-state index contributed by atoms with van der Waals surface area (Å²) in [4.78, 5) is 29.6. The van der Waals surface area contributed by atoms with Gasteiger partial charge in [0.1, 0.15) is 5.82 Å². The van der Waals surface area contributed by atoms with Crippen LogP contribution < -0.4 is 5.32 Å². The van der Waals surface area contributed by atoms with Gasteiger partial charge < -0.3 is 10.2 Å². The maximum absolute atomic E-state index is 13.5. The van der Waals surface area contributed by atoms with Crippen LogP contribution >= 0.6 is 0 Å². The van der Waals surface area contributed by atoms with E-state index in [0.29, 0.717) is 6.54 Å². The highest BCUT2D eigenvalue weighted by Crippen LogP contribution is 2.30. The minimum Gasteiger partial charge on any atom is -0.365 e. The van der Waals surface area contributed by atoms with Crippen molar-refractivity contribution in [1.29, 1.82) is 0 Å². The second kappa shape index (κ2) is 9.16. The second-order valence-corrected chi connectivity index (χ2v) is 9.69. The molecule has 0 aromatic carbocycles. The monoisotopic (exact) mass is 457 g/mol. The molecule has 0 radical (unpaired) electrons. The van der Waals surface area contributed by atoms with E-state index in [0.717, 1.165) is 105 Å². The minimum absolute atomic E-state index is 0.126. The van der Waals surface area contributed by atoms with Crippen LogP contribution in [0.25, 0.3) is 11.4 Å². The summed E-state index contributed by atoms with van der Waals surface area (Å²) >= 11 is 0. The fourth-order valence-corrected chi connectivity index (χ4v) is 5.60. The Balaban J connectivity index is 1.26. The molecule has 1 fully saturated rings. The quantitative estimate of drug-likeness (QED) is 0.643. The Kier molecular flexibility index (Phi) is 5.73. The molecule has 8 heteroatoms. The number of likely N-dealkylation sites (tertiary alicyclic amines) is 1. The normalized spacial score (nSPS) is 19.9. The van der Waals surface area contributed by atoms with E-state index in [-0.39, 0.29) is 11.9 Å². The van der Waals surface area contributed by atoms with E-state index < -0.39 is 0 Å². The Labute approximate surface area is 199 Å². The third-order valence-electron chi connectivity index (χ3n) is 7.36. The van der Waals surface area contributed by atoms with Crippen LogP contribution in [-0.2, 0) is 25.8 Å². The smallest absolute Gasteiger partial charge is 0.257 e. The van der Waals surface area contributed by atoms with Crippen LogP contribution in [0.4, 0.5) is 5.82 Å². The Morgan fingerprint density at radius 2 is 1.97 bits per heavy atom. The molecule has 3 aromatic rings. The molecule has 0 saturated carbocycles. The molecule has 1 aliphatic carbocycles. The first-order chi connectivity index (χ1) is 16.8. The van der Waals surface area contributed by atoms with E-state index in [1.54, 1.807) is 12.4 Å². The molecule has 6 rings (SSSR count). The van der Waals surface area contributed by atoms with Crippen molar-refractivity contribution in [2.75, 3.05) is 18.4 Å². The van der Waals surface area contributed by atoms with Gasteiger partial charge in [-0.05, 0) is 57.1 Å². The first-order valence-corrected chi connectivity index (χ1v) is 12.7. The molecule has 34 heavy (non-hydrogen) atoms. The average molecular weight is 458 g/mol. The van der Waals surface area contributed by atoms with Crippen LogP contribution in [0, 0.1) is 0 Å². The van der Waals surface area contributed by atoms with E-state index in [2.05, 4.69) is 15.4 Å². The molecule has 8 nitrogen and oxygen atoms in total. The zero-order valence-electron chi connectivity index (χ0n) is 19.5. The van der Waals surface area contributed by atoms with Crippen LogP contribution in [0.2, 0.25) is 0 Å². The highest BCUT2D eigenvalue weighted by Gasteiger charge is 2.28. The molecule has 176 valence electrons. The molecule has 1 unspecified atom stereocenters. The van der Waals surface area contributed by atoms with Gasteiger partial charge in [-0.2, -0.15) is 5.10 Å². The number of carbonyl (C=O) groups is 1. The Hall–Kier alpha value is -3.29. The van der Waals surface area contributed by atoms with Gasteiger partial charge in [0.05, 0.1) is 17.5 Å². The molecule has 5 heterocycles. The van der Waals surface area contributed by atoms with Crippen molar-refractivity contribution < 1.29 is 4.79 Å². The summed E-state index contributed by atoms with van der Waals surface area (Å²) in [6.07, 6.45) is 14.9. The van der Waals surface area contributed by atoms with E-state index in [1.165, 1.54) is 5.56 Å². The number of pyridine rings is 1. The van der Waals surface area contributed by atoms with Gasteiger partial charge in [-0.3, -0.25) is 14.5 Å². The number of nitrogens with zero attached hydrogens (tertiary/aromatic N) is 6. The molecule has 0 spiro atoms. The minimum atomic E-state index is 0.126. The third-order valence-corrected chi connectivity index (χ3v) is 7.36. The number of fused-ring (bicyclic) bond motifs is 2. The number of anilines is 1. The first kappa shape index (κ1) is 21.3. The lowest BCUT2D eigenvalue weighted by Crippen LogP contribution is -2.42. The Bertz CT molecular complexity index is 1190. The van der Waals surface area contributed by atoms with Crippen molar-refractivity contribution in [3.8, 4) is 11.4 Å². The largest absolute Gasteiger partial charge is 0.365 e. The molecule has 0 bridgehead atoms. The number of nitrogens with one attached hydrogen (secondary N) is 1. The molecule has 3 aliphatic rings. The maximum atomic E-state index is 13.5. The van der Waals surface area contributed by atoms with Crippen LogP contribution in [-0.4, -0.2) is 54.7 Å². The number of carbonyl (C=O) groups excluding carboxylic acids is 1. The van der Waals surface area contributed by atoms with E-state index in [1.807, 2.05) is 27.9 Å². The topological polar surface area (TPSA) is 88.8 Å². The zero-order valence-corrected chi connectivity index (χ0v) is 19.5. The lowest BCUT2D eigenvalue weighted by molar-refractivity contribution is 0.0734. The van der Waals surface area contributed by atoms with Crippen molar-refractivity contribution in [2.24, 2.45) is 0 Å². The van der Waals surface area contributed by atoms with Crippen LogP contribution in [0.5, 0.6) is 0 Å². The molecule has 1 atom stereocenters. The van der Waals surface area contributed by atoms with Gasteiger partial charge in [-0.25, -0.2) is 9.97 Å². The van der Waals surface area contributed by atoms with Crippen molar-refractivity contribution in [3.05, 3.63) is 53.2 Å². The molecule has 1 saturated heterocycles. The van der Waals surface area contributed by atoms with Gasteiger partial charge >= 0.3 is 0 Å². The number of rotatable bonds is 4. The SMILES string of the molecule is O=C(c1cnn2c1CCC2)N1CCCCCC(Nc2nc(-c3cccnc3)nc3c2CCC3)C1. The number of hydrogen-bond donors (Lipinski definition) is 1. The van der Waals surface area contributed by atoms with E-state index in [4.69, 9.17) is 9.97 Å². The van der Waals surface area contributed by atoms with Crippen LogP contribution in [0.3, 0.4) is 0 Å². The summed E-state index contributed by atoms with van der Waals surface area (Å²) in [6.45, 7) is 2.40. The van der Waals surface area contributed by atoms with Gasteiger partial charge in [0.2, 0.25) is 0 Å². The standard InChI is InChI=1S/C26H31N7O/c34-26(21-16-28-33-14-6-11-23(21)33)32-13-3-1-2-8-19(17-32)29-25-20-9-4-10-22(20)30-24(31-25)18-7-5-12-27-15-18/h5,7,12,15-16,19H,1-4,6,8-11,13-14,17H2,(H,29,30,31). The molecular weight excluding hydrogens is 426 g/mol. The van der Waals surface area contributed by atoms with Crippen LogP contribution in [0.1, 0.15) is 65.8 Å². The Morgan fingerprint density at radius 3 is 2.88 bits per heavy atom. The predicted octanol–water partition coefficient (Wildman–Crippen LogP) is 3.67. The summed E-state index contributed by atoms with van der Waals surface area (Å²) in [5, 5.41) is 8.21. The number of aromatic nitrogens is 5. The molecule has 2 aliphatic heterocycles. The van der Waals surface area contributed by atoms with E-state index >= 15 is 0 Å². The summed E-state index contributed by atoms with van der Waals surface area (Å²) in [7, 11) is 0. The summed E-state index contributed by atoms with van der Waals surface area (Å²) in [5.74, 6) is 1.79. The molecule has 1 amide bonds. The fourth-order valence-electron chi connectivity index (χ4n) is 5.60. The molecule has 1 N–H and O–H groups in total.